The summed E-state index contributed by atoms with van der Waals surface area (Å²) in [6, 6.07) is 14.7. The van der Waals surface area contributed by atoms with E-state index in [0.29, 0.717) is 11.6 Å². The van der Waals surface area contributed by atoms with Crippen LogP contribution in [0.4, 0.5) is 4.79 Å². The molecule has 4 rings (SSSR count). The van der Waals surface area contributed by atoms with Crippen LogP contribution in [-0.2, 0) is 4.74 Å². The Kier molecular flexibility index (Phi) is 10.1. The van der Waals surface area contributed by atoms with Gasteiger partial charge in [0.25, 0.3) is 0 Å². The van der Waals surface area contributed by atoms with E-state index in [1.54, 1.807) is 14.3 Å². The molecule has 7 heteroatoms. The summed E-state index contributed by atoms with van der Waals surface area (Å²) in [5.74, 6) is 1.30. The third-order valence-corrected chi connectivity index (χ3v) is 23.3. The molecule has 0 fully saturated rings. The summed E-state index contributed by atoms with van der Waals surface area (Å²) in [5, 5.41) is 0. The molecule has 0 atom stereocenters. The summed E-state index contributed by atoms with van der Waals surface area (Å²) in [5.41, 5.74) is 2.83. The number of fused-ring (bicyclic) bond motifs is 1. The van der Waals surface area contributed by atoms with Crippen molar-refractivity contribution in [1.29, 1.82) is 0 Å². The summed E-state index contributed by atoms with van der Waals surface area (Å²) in [7, 11) is 0. The Hall–Kier alpha value is -2.61. The minimum atomic E-state index is -2.67. The molecule has 0 saturated carbocycles. The van der Waals surface area contributed by atoms with Gasteiger partial charge in [-0.3, -0.25) is 0 Å². The van der Waals surface area contributed by atoms with Gasteiger partial charge in [-0.15, -0.1) is 0 Å². The van der Waals surface area contributed by atoms with E-state index in [4.69, 9.17) is 14.1 Å². The van der Waals surface area contributed by atoms with Gasteiger partial charge in [0, 0.05) is 0 Å². The van der Waals surface area contributed by atoms with Crippen LogP contribution in [0.15, 0.2) is 59.5 Å². The van der Waals surface area contributed by atoms with Crippen molar-refractivity contribution in [3.05, 3.63) is 55.1 Å². The zero-order valence-electron chi connectivity index (χ0n) is 25.1. The summed E-state index contributed by atoms with van der Waals surface area (Å²) in [6.07, 6.45) is 10.3. The molecule has 4 aromatic rings. The van der Waals surface area contributed by atoms with E-state index in [2.05, 4.69) is 44.0 Å². The second-order valence-corrected chi connectivity index (χ2v) is 25.2. The van der Waals surface area contributed by atoms with Gasteiger partial charge in [-0.2, -0.15) is 0 Å². The van der Waals surface area contributed by atoms with Gasteiger partial charge < -0.3 is 0 Å². The van der Waals surface area contributed by atoms with Crippen molar-refractivity contribution >= 4 is 39.1 Å². The average molecular weight is 650 g/mol. The van der Waals surface area contributed by atoms with Crippen molar-refractivity contribution in [2.45, 2.75) is 99.0 Å². The molecule has 2 aromatic carbocycles. The quantitative estimate of drug-likeness (QED) is 0.143. The van der Waals surface area contributed by atoms with Crippen molar-refractivity contribution in [3.63, 3.8) is 0 Å². The number of hydrogen-bond acceptors (Lipinski definition) is 5. The van der Waals surface area contributed by atoms with Crippen LogP contribution in [-0.4, -0.2) is 44.6 Å². The topological polar surface area (TPSA) is 70.2 Å². The SMILES string of the molecule is CCC[CH2][Sn]([CH2]CCC)([CH2]CCC)[c]1ccc2c(c1)nc(-c1ccc(-c3cnco3)cc1)n2C(=O)OC(C)(C)C. The molecule has 0 aliphatic carbocycles. The van der Waals surface area contributed by atoms with Crippen molar-refractivity contribution in [1.82, 2.24) is 14.5 Å². The van der Waals surface area contributed by atoms with Crippen molar-refractivity contribution in [2.24, 2.45) is 0 Å². The first kappa shape index (κ1) is 30.3. The Bertz CT molecular complexity index is 1360. The molecule has 2 heterocycles. The predicted octanol–water partition coefficient (Wildman–Crippen LogP) is 9.20. The molecule has 214 valence electrons. The Labute approximate surface area is 243 Å². The van der Waals surface area contributed by atoms with E-state index in [-0.39, 0.29) is 0 Å². The second-order valence-electron chi connectivity index (χ2n) is 12.0. The fourth-order valence-corrected chi connectivity index (χ4v) is 21.5. The summed E-state index contributed by atoms with van der Waals surface area (Å²) < 4.78 is 18.7. The van der Waals surface area contributed by atoms with Crippen LogP contribution in [0.2, 0.25) is 13.3 Å². The number of aromatic nitrogens is 3. The van der Waals surface area contributed by atoms with Gasteiger partial charge in [-0.25, -0.2) is 0 Å². The molecule has 0 unspecified atom stereocenters. The Balaban J connectivity index is 1.85. The first-order valence-corrected chi connectivity index (χ1v) is 22.4. The van der Waals surface area contributed by atoms with Crippen LogP contribution in [0.3, 0.4) is 0 Å². The van der Waals surface area contributed by atoms with Crippen LogP contribution in [0.25, 0.3) is 33.7 Å². The second kappa shape index (κ2) is 13.4. The van der Waals surface area contributed by atoms with Crippen LogP contribution in [0.1, 0.15) is 80.1 Å². The molecule has 0 spiro atoms. The van der Waals surface area contributed by atoms with Gasteiger partial charge in [0.1, 0.15) is 0 Å². The molecular weight excluding hydrogens is 605 g/mol. The van der Waals surface area contributed by atoms with Crippen LogP contribution in [0, 0.1) is 0 Å². The molecular formula is C33H45N3O3Sn. The molecule has 0 radical (unpaired) electrons. The van der Waals surface area contributed by atoms with Gasteiger partial charge in [-0.1, -0.05) is 0 Å². The number of carbonyl (C=O) groups is 1. The minimum absolute atomic E-state index is 0.408. The molecule has 2 aromatic heterocycles. The first-order chi connectivity index (χ1) is 19.2. The van der Waals surface area contributed by atoms with Gasteiger partial charge in [0.05, 0.1) is 0 Å². The number of nitrogens with zero attached hydrogens (tertiary/aromatic N) is 3. The van der Waals surface area contributed by atoms with Crippen molar-refractivity contribution in [2.75, 3.05) is 0 Å². The van der Waals surface area contributed by atoms with Crippen LogP contribution >= 0.6 is 0 Å². The molecule has 0 aliphatic heterocycles. The number of oxazole rings is 1. The molecule has 40 heavy (non-hydrogen) atoms. The predicted molar refractivity (Wildman–Crippen MR) is 167 cm³/mol. The van der Waals surface area contributed by atoms with E-state index in [1.807, 2.05) is 45.0 Å². The number of unbranched alkanes of at least 4 members (excludes halogenated alkanes) is 3. The van der Waals surface area contributed by atoms with Gasteiger partial charge in [-0.05, 0) is 0 Å². The Morgan fingerprint density at radius 1 is 0.900 bits per heavy atom. The summed E-state index contributed by atoms with van der Waals surface area (Å²) >= 11 is -2.67. The Morgan fingerprint density at radius 3 is 2.02 bits per heavy atom. The molecule has 0 saturated heterocycles. The number of hydrogen-bond donors (Lipinski definition) is 0. The van der Waals surface area contributed by atoms with Crippen LogP contribution < -0.4 is 3.58 Å². The van der Waals surface area contributed by atoms with Gasteiger partial charge in [0.15, 0.2) is 0 Å². The van der Waals surface area contributed by atoms with Gasteiger partial charge in [0.2, 0.25) is 0 Å². The fourth-order valence-electron chi connectivity index (χ4n) is 5.59. The third-order valence-electron chi connectivity index (χ3n) is 7.73. The zero-order valence-corrected chi connectivity index (χ0v) is 28.0. The number of rotatable bonds is 12. The van der Waals surface area contributed by atoms with Crippen LogP contribution in [0.5, 0.6) is 0 Å². The molecule has 0 amide bonds. The average Bonchev–Trinajstić information content (AvgIpc) is 3.60. The number of ether oxygens (including phenoxy) is 1. The van der Waals surface area contributed by atoms with Gasteiger partial charge >= 0.3 is 244 Å². The van der Waals surface area contributed by atoms with E-state index in [0.717, 1.165) is 22.2 Å². The maximum absolute atomic E-state index is 13.6. The molecule has 0 N–H and O–H groups in total. The fraction of sp³-hybridized carbons (Fsp3) is 0.485. The normalized spacial score (nSPS) is 12.2. The number of imidazole rings is 1. The van der Waals surface area contributed by atoms with Crippen molar-refractivity contribution < 1.29 is 13.9 Å². The number of carbonyl (C=O) groups excluding carboxylic acids is 1. The molecule has 6 nitrogen and oxygen atoms in total. The summed E-state index contributed by atoms with van der Waals surface area (Å²) in [4.78, 5) is 22.7. The number of benzene rings is 2. The van der Waals surface area contributed by atoms with E-state index >= 15 is 0 Å². The monoisotopic (exact) mass is 651 g/mol. The van der Waals surface area contributed by atoms with E-state index in [9.17, 15) is 4.79 Å². The van der Waals surface area contributed by atoms with E-state index in [1.165, 1.54) is 58.2 Å². The van der Waals surface area contributed by atoms with Crippen molar-refractivity contribution in [3.8, 4) is 22.7 Å². The maximum atomic E-state index is 13.6. The third kappa shape index (κ3) is 6.99. The summed E-state index contributed by atoms with van der Waals surface area (Å²) in [6.45, 7) is 12.6. The molecule has 0 aliphatic rings. The standard InChI is InChI=1S/C21H18N3O3.3C4H9.Sn/c1-21(2,3)27-20(25)24-17-7-5-4-6-16(17)23-19(24)15-10-8-14(9-11-15)18-12-22-13-26-18;3*1-3-4-2;/h5-13H,1-3H3;3*1,3-4H2,2H3;. The molecule has 0 bridgehead atoms. The zero-order chi connectivity index (χ0) is 28.8. The van der Waals surface area contributed by atoms with E-state index < -0.39 is 30.1 Å². The first-order valence-electron chi connectivity index (χ1n) is 15.0. The Morgan fingerprint density at radius 2 is 1.50 bits per heavy atom.